The zero-order valence-corrected chi connectivity index (χ0v) is 16.2. The number of anilines is 2. The number of hydrogen-bond acceptors (Lipinski definition) is 9. The number of piperidine rings is 1. The average molecular weight is 396 g/mol. The van der Waals surface area contributed by atoms with E-state index in [1.54, 1.807) is 6.26 Å². The van der Waals surface area contributed by atoms with E-state index in [1.807, 2.05) is 19.1 Å². The molecule has 2 N–H and O–H groups in total. The molecule has 0 saturated carbocycles. The molecule has 1 aliphatic rings. The van der Waals surface area contributed by atoms with Gasteiger partial charge in [0.15, 0.2) is 0 Å². The van der Waals surface area contributed by atoms with Gasteiger partial charge >= 0.3 is 6.01 Å². The van der Waals surface area contributed by atoms with E-state index >= 15 is 0 Å². The Kier molecular flexibility index (Phi) is 6.11. The van der Waals surface area contributed by atoms with Crippen LogP contribution in [-0.4, -0.2) is 59.7 Å². The van der Waals surface area contributed by atoms with Gasteiger partial charge in [-0.15, -0.1) is 0 Å². The van der Waals surface area contributed by atoms with Gasteiger partial charge in [-0.25, -0.2) is 12.7 Å². The van der Waals surface area contributed by atoms with Crippen LogP contribution in [0.15, 0.2) is 22.8 Å². The molecule has 0 spiro atoms. The summed E-state index contributed by atoms with van der Waals surface area (Å²) in [7, 11) is -3.15. The number of hydrogen-bond donors (Lipinski definition) is 2. The fourth-order valence-electron chi connectivity index (χ4n) is 2.79. The molecule has 27 heavy (non-hydrogen) atoms. The van der Waals surface area contributed by atoms with E-state index < -0.39 is 10.0 Å². The third-order valence-corrected chi connectivity index (χ3v) is 5.45. The molecule has 0 unspecified atom stereocenters. The Balaban J connectivity index is 1.65. The molecular formula is C16H24N6O4S. The van der Waals surface area contributed by atoms with Gasteiger partial charge in [0.2, 0.25) is 21.9 Å². The zero-order valence-electron chi connectivity index (χ0n) is 15.4. The molecule has 1 aliphatic heterocycles. The lowest BCUT2D eigenvalue weighted by Gasteiger charge is -2.30. The van der Waals surface area contributed by atoms with Gasteiger partial charge in [0.25, 0.3) is 0 Å². The SMILES string of the molecule is CCOc1nc(NCc2ccco2)nc(NC2CCN(S(C)(=O)=O)CC2)n1. The van der Waals surface area contributed by atoms with Gasteiger partial charge in [0, 0.05) is 19.1 Å². The normalized spacial score (nSPS) is 16.2. The Hall–Kier alpha value is -2.40. The summed E-state index contributed by atoms with van der Waals surface area (Å²) in [6, 6.07) is 3.97. The third kappa shape index (κ3) is 5.54. The molecule has 0 amide bonds. The van der Waals surface area contributed by atoms with Crippen LogP contribution >= 0.6 is 0 Å². The lowest BCUT2D eigenvalue weighted by atomic mass is 10.1. The molecule has 148 valence electrons. The van der Waals surface area contributed by atoms with Crippen molar-refractivity contribution in [2.75, 3.05) is 36.6 Å². The van der Waals surface area contributed by atoms with Crippen LogP contribution in [0.4, 0.5) is 11.9 Å². The van der Waals surface area contributed by atoms with Crippen LogP contribution in [0.1, 0.15) is 25.5 Å². The van der Waals surface area contributed by atoms with Gasteiger partial charge in [-0.1, -0.05) is 0 Å². The van der Waals surface area contributed by atoms with Crippen LogP contribution in [-0.2, 0) is 16.6 Å². The molecule has 3 rings (SSSR count). The van der Waals surface area contributed by atoms with E-state index in [2.05, 4.69) is 25.6 Å². The first-order valence-electron chi connectivity index (χ1n) is 8.81. The summed E-state index contributed by atoms with van der Waals surface area (Å²) in [4.78, 5) is 12.9. The fraction of sp³-hybridized carbons (Fsp3) is 0.562. The van der Waals surface area contributed by atoms with Crippen molar-refractivity contribution in [2.24, 2.45) is 0 Å². The van der Waals surface area contributed by atoms with Crippen molar-refractivity contribution in [3.8, 4) is 6.01 Å². The van der Waals surface area contributed by atoms with Gasteiger partial charge in [-0.3, -0.25) is 0 Å². The highest BCUT2D eigenvalue weighted by atomic mass is 32.2. The van der Waals surface area contributed by atoms with Crippen molar-refractivity contribution >= 4 is 21.9 Å². The minimum Gasteiger partial charge on any atom is -0.467 e. The van der Waals surface area contributed by atoms with Crippen LogP contribution in [0.25, 0.3) is 0 Å². The van der Waals surface area contributed by atoms with Crippen LogP contribution in [0, 0.1) is 0 Å². The molecule has 0 atom stereocenters. The van der Waals surface area contributed by atoms with E-state index in [1.165, 1.54) is 10.6 Å². The Morgan fingerprint density at radius 3 is 2.63 bits per heavy atom. The Morgan fingerprint density at radius 1 is 1.26 bits per heavy atom. The summed E-state index contributed by atoms with van der Waals surface area (Å²) < 4.78 is 35.4. The highest BCUT2D eigenvalue weighted by Crippen LogP contribution is 2.18. The predicted molar refractivity (Wildman–Crippen MR) is 100 cm³/mol. The Morgan fingerprint density at radius 2 is 2.00 bits per heavy atom. The average Bonchev–Trinajstić information content (AvgIpc) is 3.13. The molecule has 0 radical (unpaired) electrons. The Labute approximate surface area is 158 Å². The number of furan rings is 1. The summed E-state index contributed by atoms with van der Waals surface area (Å²) in [5.41, 5.74) is 0. The summed E-state index contributed by atoms with van der Waals surface area (Å²) in [5.74, 6) is 1.53. The molecule has 1 saturated heterocycles. The summed E-state index contributed by atoms with van der Waals surface area (Å²) in [5, 5.41) is 6.35. The number of ether oxygens (including phenoxy) is 1. The van der Waals surface area contributed by atoms with Gasteiger partial charge in [-0.05, 0) is 31.9 Å². The quantitative estimate of drug-likeness (QED) is 0.680. The summed E-state index contributed by atoms with van der Waals surface area (Å²) in [6.07, 6.45) is 4.19. The van der Waals surface area contributed by atoms with Crippen molar-refractivity contribution in [3.63, 3.8) is 0 Å². The molecule has 11 heteroatoms. The second kappa shape index (κ2) is 8.53. The van der Waals surface area contributed by atoms with Gasteiger partial charge < -0.3 is 19.8 Å². The number of rotatable bonds is 8. The van der Waals surface area contributed by atoms with Crippen molar-refractivity contribution in [2.45, 2.75) is 32.4 Å². The fourth-order valence-corrected chi connectivity index (χ4v) is 3.66. The first-order valence-corrected chi connectivity index (χ1v) is 10.7. The standard InChI is InChI=1S/C16H24N6O4S/c1-3-25-16-20-14(17-11-13-5-4-10-26-13)19-15(21-16)18-12-6-8-22(9-7-12)27(2,23)24/h4-5,10,12H,3,6-9,11H2,1-2H3,(H2,17,18,19,20,21). The highest BCUT2D eigenvalue weighted by Gasteiger charge is 2.25. The molecule has 1 fully saturated rings. The molecule has 0 bridgehead atoms. The smallest absolute Gasteiger partial charge is 0.323 e. The topological polar surface area (TPSA) is 122 Å². The molecule has 0 aliphatic carbocycles. The van der Waals surface area contributed by atoms with Crippen LogP contribution in [0.2, 0.25) is 0 Å². The minimum absolute atomic E-state index is 0.0813. The van der Waals surface area contributed by atoms with E-state index in [0.29, 0.717) is 51.0 Å². The second-order valence-corrected chi connectivity index (χ2v) is 8.19. The number of nitrogens with one attached hydrogen (secondary N) is 2. The van der Waals surface area contributed by atoms with Crippen molar-refractivity contribution in [1.82, 2.24) is 19.3 Å². The first kappa shape index (κ1) is 19.4. The lowest BCUT2D eigenvalue weighted by Crippen LogP contribution is -2.42. The largest absolute Gasteiger partial charge is 0.467 e. The van der Waals surface area contributed by atoms with Crippen molar-refractivity contribution < 1.29 is 17.6 Å². The van der Waals surface area contributed by atoms with Crippen molar-refractivity contribution in [1.29, 1.82) is 0 Å². The molecule has 3 heterocycles. The third-order valence-electron chi connectivity index (χ3n) is 4.15. The highest BCUT2D eigenvalue weighted by molar-refractivity contribution is 7.88. The predicted octanol–water partition coefficient (Wildman–Crippen LogP) is 1.31. The van der Waals surface area contributed by atoms with Gasteiger partial charge in [0.1, 0.15) is 5.76 Å². The molecule has 10 nitrogen and oxygen atoms in total. The van der Waals surface area contributed by atoms with Crippen LogP contribution < -0.4 is 15.4 Å². The van der Waals surface area contributed by atoms with Crippen LogP contribution in [0.3, 0.4) is 0 Å². The lowest BCUT2D eigenvalue weighted by molar-refractivity contribution is 0.311. The van der Waals surface area contributed by atoms with E-state index in [-0.39, 0.29) is 12.1 Å². The molecule has 0 aromatic carbocycles. The monoisotopic (exact) mass is 396 g/mol. The van der Waals surface area contributed by atoms with Gasteiger partial charge in [-0.2, -0.15) is 15.0 Å². The first-order chi connectivity index (χ1) is 12.9. The second-order valence-electron chi connectivity index (χ2n) is 6.21. The van der Waals surface area contributed by atoms with E-state index in [4.69, 9.17) is 9.15 Å². The van der Waals surface area contributed by atoms with E-state index in [0.717, 1.165) is 5.76 Å². The molecule has 2 aromatic rings. The summed E-state index contributed by atoms with van der Waals surface area (Å²) in [6.45, 7) is 3.68. The zero-order chi connectivity index (χ0) is 19.3. The minimum atomic E-state index is -3.15. The number of sulfonamides is 1. The maximum absolute atomic E-state index is 11.6. The summed E-state index contributed by atoms with van der Waals surface area (Å²) >= 11 is 0. The van der Waals surface area contributed by atoms with Crippen LogP contribution in [0.5, 0.6) is 6.01 Å². The molecular weight excluding hydrogens is 372 g/mol. The number of aromatic nitrogens is 3. The Bertz CT molecular complexity index is 835. The number of nitrogens with zero attached hydrogens (tertiary/aromatic N) is 4. The maximum Gasteiger partial charge on any atom is 0.323 e. The maximum atomic E-state index is 11.6. The van der Waals surface area contributed by atoms with Crippen molar-refractivity contribution in [3.05, 3.63) is 24.2 Å². The van der Waals surface area contributed by atoms with Gasteiger partial charge in [0.05, 0.1) is 25.7 Å². The van der Waals surface area contributed by atoms with E-state index in [9.17, 15) is 8.42 Å². The molecule has 2 aromatic heterocycles.